The van der Waals surface area contributed by atoms with Crippen molar-refractivity contribution in [1.82, 2.24) is 4.98 Å². The van der Waals surface area contributed by atoms with Crippen LogP contribution in [0.2, 0.25) is 0 Å². The molecule has 0 atom stereocenters. The summed E-state index contributed by atoms with van der Waals surface area (Å²) >= 11 is 1.59. The molecule has 1 aromatic heterocycles. The van der Waals surface area contributed by atoms with Crippen molar-refractivity contribution in [3.05, 3.63) is 28.2 Å². The standard InChI is InChI=1S/C10H9NS/c1-2-4-9(3-1)5-6-10-11-7-8-12-10/h3,7-8H,1-2,4H2. The van der Waals surface area contributed by atoms with Crippen molar-refractivity contribution < 1.29 is 0 Å². The lowest BCUT2D eigenvalue weighted by molar-refractivity contribution is 0.919. The Labute approximate surface area is 76.1 Å². The van der Waals surface area contributed by atoms with Crippen LogP contribution < -0.4 is 0 Å². The number of aromatic nitrogens is 1. The van der Waals surface area contributed by atoms with Crippen LogP contribution in [0, 0.1) is 11.8 Å². The Bertz CT molecular complexity index is 338. The summed E-state index contributed by atoms with van der Waals surface area (Å²) in [6, 6.07) is 0. The van der Waals surface area contributed by atoms with E-state index < -0.39 is 0 Å². The van der Waals surface area contributed by atoms with Crippen LogP contribution in [-0.2, 0) is 0 Å². The van der Waals surface area contributed by atoms with Gasteiger partial charge >= 0.3 is 0 Å². The molecule has 0 N–H and O–H groups in total. The number of nitrogens with zero attached hydrogens (tertiary/aromatic N) is 1. The Balaban J connectivity index is 2.10. The topological polar surface area (TPSA) is 12.9 Å². The van der Waals surface area contributed by atoms with E-state index in [4.69, 9.17) is 0 Å². The van der Waals surface area contributed by atoms with E-state index in [1.807, 2.05) is 5.38 Å². The van der Waals surface area contributed by atoms with Crippen LogP contribution >= 0.6 is 11.3 Å². The van der Waals surface area contributed by atoms with Crippen LogP contribution in [0.5, 0.6) is 0 Å². The molecule has 0 aromatic carbocycles. The average molecular weight is 175 g/mol. The van der Waals surface area contributed by atoms with Crippen molar-refractivity contribution >= 4 is 11.3 Å². The molecular weight excluding hydrogens is 166 g/mol. The fourth-order valence-electron chi connectivity index (χ4n) is 1.20. The summed E-state index contributed by atoms with van der Waals surface area (Å²) in [5, 5.41) is 2.87. The number of allylic oxidation sites excluding steroid dienone is 2. The normalized spacial score (nSPS) is 15.2. The maximum atomic E-state index is 4.09. The monoisotopic (exact) mass is 175 g/mol. The summed E-state index contributed by atoms with van der Waals surface area (Å²) in [4.78, 5) is 4.09. The first kappa shape index (κ1) is 7.57. The first-order valence-corrected chi connectivity index (χ1v) is 4.94. The SMILES string of the molecule is C(#Cc1nccs1)C1=CCCC1. The van der Waals surface area contributed by atoms with Gasteiger partial charge in [0, 0.05) is 11.6 Å². The van der Waals surface area contributed by atoms with Crippen molar-refractivity contribution in [3.63, 3.8) is 0 Å². The van der Waals surface area contributed by atoms with Gasteiger partial charge in [0.25, 0.3) is 0 Å². The second kappa shape index (κ2) is 3.55. The summed E-state index contributed by atoms with van der Waals surface area (Å²) in [6.45, 7) is 0. The molecule has 1 heterocycles. The van der Waals surface area contributed by atoms with Crippen LogP contribution in [0.3, 0.4) is 0 Å². The molecule has 1 aromatic rings. The van der Waals surface area contributed by atoms with Crippen molar-refractivity contribution in [1.29, 1.82) is 0 Å². The van der Waals surface area contributed by atoms with E-state index in [-0.39, 0.29) is 0 Å². The van der Waals surface area contributed by atoms with Gasteiger partial charge in [-0.15, -0.1) is 11.3 Å². The molecule has 0 spiro atoms. The first-order valence-electron chi connectivity index (χ1n) is 4.06. The number of rotatable bonds is 0. The zero-order valence-corrected chi connectivity index (χ0v) is 7.53. The van der Waals surface area contributed by atoms with E-state index in [0.717, 1.165) is 11.4 Å². The molecule has 0 aliphatic heterocycles. The molecule has 2 rings (SSSR count). The van der Waals surface area contributed by atoms with Crippen molar-refractivity contribution in [2.45, 2.75) is 19.3 Å². The third-order valence-corrected chi connectivity index (χ3v) is 2.49. The van der Waals surface area contributed by atoms with Gasteiger partial charge < -0.3 is 0 Å². The van der Waals surface area contributed by atoms with Gasteiger partial charge in [-0.2, -0.15) is 0 Å². The van der Waals surface area contributed by atoms with E-state index in [1.165, 1.54) is 18.4 Å². The highest BCUT2D eigenvalue weighted by Gasteiger charge is 1.99. The molecule has 0 unspecified atom stereocenters. The molecule has 1 aliphatic carbocycles. The van der Waals surface area contributed by atoms with Gasteiger partial charge in [0.05, 0.1) is 0 Å². The molecule has 1 nitrogen and oxygen atoms in total. The lowest BCUT2D eigenvalue weighted by atomic mass is 10.2. The quantitative estimate of drug-likeness (QED) is 0.552. The third-order valence-electron chi connectivity index (χ3n) is 1.80. The summed E-state index contributed by atoms with van der Waals surface area (Å²) < 4.78 is 0. The van der Waals surface area contributed by atoms with Gasteiger partial charge in [0.15, 0.2) is 5.01 Å². The molecule has 0 amide bonds. The highest BCUT2D eigenvalue weighted by Crippen LogP contribution is 2.16. The molecule has 0 saturated carbocycles. The van der Waals surface area contributed by atoms with Crippen LogP contribution in [0.15, 0.2) is 23.2 Å². The molecule has 2 heteroatoms. The number of thiazole rings is 1. The number of hydrogen-bond acceptors (Lipinski definition) is 2. The highest BCUT2D eigenvalue weighted by atomic mass is 32.1. The third kappa shape index (κ3) is 1.75. The molecule has 0 fully saturated rings. The fourth-order valence-corrected chi connectivity index (χ4v) is 1.69. The maximum Gasteiger partial charge on any atom is 0.167 e. The Hall–Kier alpha value is -1.07. The zero-order chi connectivity index (χ0) is 8.23. The second-order valence-corrected chi connectivity index (χ2v) is 3.60. The molecule has 0 saturated heterocycles. The van der Waals surface area contributed by atoms with Gasteiger partial charge in [-0.3, -0.25) is 0 Å². The Morgan fingerprint density at radius 1 is 1.42 bits per heavy atom. The summed E-state index contributed by atoms with van der Waals surface area (Å²) in [5.41, 5.74) is 1.28. The maximum absolute atomic E-state index is 4.09. The van der Waals surface area contributed by atoms with Gasteiger partial charge in [-0.25, -0.2) is 4.98 Å². The summed E-state index contributed by atoms with van der Waals surface area (Å²) in [6.07, 6.45) is 7.63. The highest BCUT2D eigenvalue weighted by molar-refractivity contribution is 7.10. The molecule has 60 valence electrons. The Morgan fingerprint density at radius 2 is 2.42 bits per heavy atom. The van der Waals surface area contributed by atoms with Crippen molar-refractivity contribution in [2.24, 2.45) is 0 Å². The van der Waals surface area contributed by atoms with E-state index in [0.29, 0.717) is 0 Å². The van der Waals surface area contributed by atoms with Crippen molar-refractivity contribution in [3.8, 4) is 11.8 Å². The van der Waals surface area contributed by atoms with Crippen LogP contribution in [-0.4, -0.2) is 4.98 Å². The van der Waals surface area contributed by atoms with E-state index in [2.05, 4.69) is 22.9 Å². The minimum Gasteiger partial charge on any atom is -0.236 e. The first-order chi connectivity index (χ1) is 5.95. The lowest BCUT2D eigenvalue weighted by Crippen LogP contribution is -1.71. The molecular formula is C10H9NS. The minimum absolute atomic E-state index is 0.919. The van der Waals surface area contributed by atoms with Crippen molar-refractivity contribution in [2.75, 3.05) is 0 Å². The predicted molar refractivity (Wildman–Crippen MR) is 50.9 cm³/mol. The van der Waals surface area contributed by atoms with Crippen LogP contribution in [0.4, 0.5) is 0 Å². The fraction of sp³-hybridized carbons (Fsp3) is 0.300. The van der Waals surface area contributed by atoms with Crippen LogP contribution in [0.25, 0.3) is 0 Å². The summed E-state index contributed by atoms with van der Waals surface area (Å²) in [7, 11) is 0. The zero-order valence-electron chi connectivity index (χ0n) is 6.71. The largest absolute Gasteiger partial charge is 0.236 e. The Kier molecular flexibility index (Phi) is 2.24. The average Bonchev–Trinajstić information content (AvgIpc) is 2.74. The minimum atomic E-state index is 0.919. The molecule has 0 bridgehead atoms. The molecule has 12 heavy (non-hydrogen) atoms. The van der Waals surface area contributed by atoms with E-state index in [1.54, 1.807) is 17.5 Å². The molecule has 1 aliphatic rings. The smallest absolute Gasteiger partial charge is 0.167 e. The van der Waals surface area contributed by atoms with E-state index >= 15 is 0 Å². The van der Waals surface area contributed by atoms with Gasteiger partial charge in [0.1, 0.15) is 0 Å². The molecule has 0 radical (unpaired) electrons. The van der Waals surface area contributed by atoms with Gasteiger partial charge in [0.2, 0.25) is 0 Å². The van der Waals surface area contributed by atoms with Gasteiger partial charge in [-0.05, 0) is 30.8 Å². The Morgan fingerprint density at radius 3 is 3.08 bits per heavy atom. The van der Waals surface area contributed by atoms with Gasteiger partial charge in [-0.1, -0.05) is 12.0 Å². The second-order valence-electron chi connectivity index (χ2n) is 2.71. The number of hydrogen-bond donors (Lipinski definition) is 0. The summed E-state index contributed by atoms with van der Waals surface area (Å²) in [5.74, 6) is 6.20. The lowest BCUT2D eigenvalue weighted by Gasteiger charge is -1.83. The van der Waals surface area contributed by atoms with E-state index in [9.17, 15) is 0 Å². The van der Waals surface area contributed by atoms with Crippen LogP contribution in [0.1, 0.15) is 24.3 Å². The predicted octanol–water partition coefficient (Wildman–Crippen LogP) is 2.60.